The summed E-state index contributed by atoms with van der Waals surface area (Å²) in [7, 11) is 0. The fourth-order valence-electron chi connectivity index (χ4n) is 2.99. The number of H-pyrrole nitrogens is 1. The fraction of sp³-hybridized carbons (Fsp3) is 0.167. The van der Waals surface area contributed by atoms with Crippen LogP contribution < -0.4 is 0 Å². The van der Waals surface area contributed by atoms with Crippen LogP contribution in [0.5, 0.6) is 0 Å². The molecule has 0 radical (unpaired) electrons. The lowest BCUT2D eigenvalue weighted by atomic mass is 10.1. The van der Waals surface area contributed by atoms with Gasteiger partial charge in [-0.3, -0.25) is 0 Å². The summed E-state index contributed by atoms with van der Waals surface area (Å²) in [6, 6.07) is 12.5. The molecule has 0 bridgehead atoms. The summed E-state index contributed by atoms with van der Waals surface area (Å²) in [5.41, 5.74) is 6.75. The third-order valence-corrected chi connectivity index (χ3v) is 4.12. The first-order valence-corrected chi connectivity index (χ1v) is 7.57. The van der Waals surface area contributed by atoms with Crippen LogP contribution in [0.15, 0.2) is 42.6 Å². The van der Waals surface area contributed by atoms with E-state index in [9.17, 15) is 0 Å². The summed E-state index contributed by atoms with van der Waals surface area (Å²) in [5, 5.41) is 13.4. The Hall–Kier alpha value is -2.95. The molecule has 0 atom stereocenters. The van der Waals surface area contributed by atoms with Crippen molar-refractivity contribution in [2.75, 3.05) is 0 Å². The van der Waals surface area contributed by atoms with Crippen LogP contribution >= 0.6 is 0 Å². The lowest BCUT2D eigenvalue weighted by Crippen LogP contribution is -1.99. The molecule has 2 heterocycles. The molecule has 5 nitrogen and oxygen atoms in total. The van der Waals surface area contributed by atoms with E-state index in [0.29, 0.717) is 0 Å². The number of aromatic amines is 1. The Bertz CT molecular complexity index is 992. The van der Waals surface area contributed by atoms with Crippen molar-refractivity contribution >= 4 is 10.9 Å². The Balaban J connectivity index is 1.93. The quantitative estimate of drug-likeness (QED) is 0.613. The van der Waals surface area contributed by atoms with Gasteiger partial charge in [-0.05, 0) is 55.0 Å². The van der Waals surface area contributed by atoms with E-state index in [1.165, 1.54) is 16.7 Å². The van der Waals surface area contributed by atoms with Gasteiger partial charge in [0, 0.05) is 22.7 Å². The average Bonchev–Trinajstić information content (AvgIpc) is 3.14. The predicted molar refractivity (Wildman–Crippen MR) is 90.7 cm³/mol. The van der Waals surface area contributed by atoms with Crippen LogP contribution in [0.3, 0.4) is 0 Å². The van der Waals surface area contributed by atoms with Gasteiger partial charge in [-0.1, -0.05) is 29.3 Å². The minimum absolute atomic E-state index is 0.741. The zero-order valence-electron chi connectivity index (χ0n) is 13.3. The van der Waals surface area contributed by atoms with Gasteiger partial charge in [-0.2, -0.15) is 4.68 Å². The highest BCUT2D eigenvalue weighted by Crippen LogP contribution is 2.30. The number of hydrogen-bond acceptors (Lipinski definition) is 3. The Morgan fingerprint density at radius 1 is 0.957 bits per heavy atom. The first-order chi connectivity index (χ1) is 11.1. The standard InChI is InChI=1S/C18H17N5/c1-11-4-6-14(7-5-11)23-18(20-21-22-23)16-10-19-17-13(3)8-12(2)9-15(16)17/h4-10,19H,1-3H3. The van der Waals surface area contributed by atoms with Gasteiger partial charge in [0.2, 0.25) is 0 Å². The van der Waals surface area contributed by atoms with E-state index in [2.05, 4.69) is 65.5 Å². The monoisotopic (exact) mass is 303 g/mol. The van der Waals surface area contributed by atoms with Crippen LogP contribution in [0.1, 0.15) is 16.7 Å². The first-order valence-electron chi connectivity index (χ1n) is 7.57. The molecule has 0 aliphatic heterocycles. The van der Waals surface area contributed by atoms with Crippen molar-refractivity contribution < 1.29 is 0 Å². The molecule has 4 rings (SSSR count). The summed E-state index contributed by atoms with van der Waals surface area (Å²) in [5.74, 6) is 0.741. The van der Waals surface area contributed by atoms with Gasteiger partial charge in [-0.25, -0.2) is 0 Å². The minimum Gasteiger partial charge on any atom is -0.360 e. The number of nitrogens with zero attached hydrogens (tertiary/aromatic N) is 4. The van der Waals surface area contributed by atoms with E-state index in [0.717, 1.165) is 28.0 Å². The van der Waals surface area contributed by atoms with Crippen LogP contribution in [0, 0.1) is 20.8 Å². The first kappa shape index (κ1) is 13.7. The second-order valence-corrected chi connectivity index (χ2v) is 5.96. The molecule has 4 aromatic rings. The Morgan fingerprint density at radius 2 is 1.74 bits per heavy atom. The number of aryl methyl sites for hydroxylation is 3. The summed E-state index contributed by atoms with van der Waals surface area (Å²) in [6.07, 6.45) is 1.98. The molecule has 114 valence electrons. The van der Waals surface area contributed by atoms with E-state index in [1.807, 2.05) is 18.3 Å². The molecule has 0 amide bonds. The molecule has 0 saturated carbocycles. The SMILES string of the molecule is Cc1ccc(-n2nnnc2-c2c[nH]c3c(C)cc(C)cc23)cc1. The highest BCUT2D eigenvalue weighted by atomic mass is 15.5. The topological polar surface area (TPSA) is 59.4 Å². The average molecular weight is 303 g/mol. The van der Waals surface area contributed by atoms with Crippen molar-refractivity contribution in [3.63, 3.8) is 0 Å². The molecular weight excluding hydrogens is 286 g/mol. The summed E-state index contributed by atoms with van der Waals surface area (Å²) >= 11 is 0. The van der Waals surface area contributed by atoms with Crippen LogP contribution in [0.25, 0.3) is 28.0 Å². The summed E-state index contributed by atoms with van der Waals surface area (Å²) in [4.78, 5) is 3.35. The van der Waals surface area contributed by atoms with E-state index in [1.54, 1.807) is 4.68 Å². The van der Waals surface area contributed by atoms with E-state index in [4.69, 9.17) is 0 Å². The van der Waals surface area contributed by atoms with Crippen molar-refractivity contribution in [3.05, 3.63) is 59.3 Å². The Labute approximate surface area is 134 Å². The van der Waals surface area contributed by atoms with Gasteiger partial charge in [-0.15, -0.1) is 5.10 Å². The van der Waals surface area contributed by atoms with Crippen LogP contribution in [0.4, 0.5) is 0 Å². The van der Waals surface area contributed by atoms with Gasteiger partial charge >= 0.3 is 0 Å². The molecule has 2 aromatic heterocycles. The lowest BCUT2D eigenvalue weighted by Gasteiger charge is -2.05. The third-order valence-electron chi connectivity index (χ3n) is 4.12. The van der Waals surface area contributed by atoms with E-state index >= 15 is 0 Å². The number of fused-ring (bicyclic) bond motifs is 1. The molecule has 0 aliphatic rings. The predicted octanol–water partition coefficient (Wildman–Crippen LogP) is 3.74. The fourth-order valence-corrected chi connectivity index (χ4v) is 2.99. The highest BCUT2D eigenvalue weighted by molar-refractivity contribution is 5.96. The van der Waals surface area contributed by atoms with E-state index in [-0.39, 0.29) is 0 Å². The zero-order chi connectivity index (χ0) is 16.0. The Kier molecular flexibility index (Phi) is 3.01. The van der Waals surface area contributed by atoms with Gasteiger partial charge in [0.1, 0.15) is 0 Å². The molecule has 5 heteroatoms. The van der Waals surface area contributed by atoms with Crippen molar-refractivity contribution in [1.29, 1.82) is 0 Å². The normalized spacial score (nSPS) is 11.3. The zero-order valence-corrected chi connectivity index (χ0v) is 13.3. The highest BCUT2D eigenvalue weighted by Gasteiger charge is 2.16. The Morgan fingerprint density at radius 3 is 2.52 bits per heavy atom. The van der Waals surface area contributed by atoms with Crippen LogP contribution in [0.2, 0.25) is 0 Å². The number of benzene rings is 2. The molecule has 0 unspecified atom stereocenters. The molecule has 23 heavy (non-hydrogen) atoms. The van der Waals surface area contributed by atoms with Crippen molar-refractivity contribution in [1.82, 2.24) is 25.2 Å². The van der Waals surface area contributed by atoms with Gasteiger partial charge in [0.15, 0.2) is 5.82 Å². The number of tetrazole rings is 1. The van der Waals surface area contributed by atoms with Crippen molar-refractivity contribution in [3.8, 4) is 17.1 Å². The smallest absolute Gasteiger partial charge is 0.189 e. The molecule has 0 aliphatic carbocycles. The van der Waals surface area contributed by atoms with Crippen LogP contribution in [-0.2, 0) is 0 Å². The second-order valence-electron chi connectivity index (χ2n) is 5.96. The number of hydrogen-bond donors (Lipinski definition) is 1. The molecule has 2 aromatic carbocycles. The molecule has 1 N–H and O–H groups in total. The van der Waals surface area contributed by atoms with Gasteiger partial charge in [0.05, 0.1) is 5.69 Å². The molecule has 0 saturated heterocycles. The molecular formula is C18H17N5. The molecule has 0 fully saturated rings. The largest absolute Gasteiger partial charge is 0.360 e. The van der Waals surface area contributed by atoms with Crippen LogP contribution in [-0.4, -0.2) is 25.2 Å². The number of nitrogens with one attached hydrogen (secondary N) is 1. The third kappa shape index (κ3) is 2.21. The van der Waals surface area contributed by atoms with Crippen molar-refractivity contribution in [2.45, 2.75) is 20.8 Å². The molecule has 0 spiro atoms. The van der Waals surface area contributed by atoms with Crippen molar-refractivity contribution in [2.24, 2.45) is 0 Å². The number of aromatic nitrogens is 5. The number of rotatable bonds is 2. The minimum atomic E-state index is 0.741. The maximum atomic E-state index is 4.25. The second kappa shape index (κ2) is 5.05. The maximum Gasteiger partial charge on any atom is 0.189 e. The lowest BCUT2D eigenvalue weighted by molar-refractivity contribution is 0.791. The van der Waals surface area contributed by atoms with E-state index < -0.39 is 0 Å². The van der Waals surface area contributed by atoms with Gasteiger partial charge < -0.3 is 4.98 Å². The summed E-state index contributed by atoms with van der Waals surface area (Å²) in [6.45, 7) is 6.28. The van der Waals surface area contributed by atoms with Gasteiger partial charge in [0.25, 0.3) is 0 Å². The maximum absolute atomic E-state index is 4.25. The summed E-state index contributed by atoms with van der Waals surface area (Å²) < 4.78 is 1.78.